The highest BCUT2D eigenvalue weighted by atomic mass is 16.4. The van der Waals surface area contributed by atoms with Gasteiger partial charge in [0.15, 0.2) is 0 Å². The van der Waals surface area contributed by atoms with Gasteiger partial charge in [0, 0.05) is 32.7 Å². The topological polar surface area (TPSA) is 81.7 Å². The maximum absolute atomic E-state index is 11.8. The molecule has 0 bridgehead atoms. The second-order valence-corrected chi connectivity index (χ2v) is 4.35. The van der Waals surface area contributed by atoms with Crippen LogP contribution in [0, 0.1) is 5.92 Å². The van der Waals surface area contributed by atoms with Crippen molar-refractivity contribution in [3.05, 3.63) is 0 Å². The van der Waals surface area contributed by atoms with Gasteiger partial charge in [-0.25, -0.2) is 0 Å². The first-order valence-electron chi connectivity index (χ1n) is 6.01. The van der Waals surface area contributed by atoms with E-state index in [9.17, 15) is 9.59 Å². The summed E-state index contributed by atoms with van der Waals surface area (Å²) in [6.07, 6.45) is 0. The smallest absolute Gasteiger partial charge is 0.307 e. The van der Waals surface area contributed by atoms with Gasteiger partial charge in [-0.15, -0.1) is 0 Å². The Morgan fingerprint density at radius 2 is 2.29 bits per heavy atom. The Morgan fingerprint density at radius 3 is 2.88 bits per heavy atom. The molecule has 1 heterocycles. The maximum Gasteiger partial charge on any atom is 0.307 e. The van der Waals surface area contributed by atoms with Crippen LogP contribution in [0.15, 0.2) is 0 Å². The van der Waals surface area contributed by atoms with Crippen LogP contribution in [0.4, 0.5) is 0 Å². The van der Waals surface area contributed by atoms with Crippen LogP contribution in [-0.4, -0.2) is 60.6 Å². The number of hydrogen-bond donors (Lipinski definition) is 3. The van der Waals surface area contributed by atoms with Gasteiger partial charge in [0.05, 0.1) is 5.92 Å². The summed E-state index contributed by atoms with van der Waals surface area (Å²) in [5, 5.41) is 14.8. The van der Waals surface area contributed by atoms with Crippen LogP contribution in [0.3, 0.4) is 0 Å². The Labute approximate surface area is 101 Å². The van der Waals surface area contributed by atoms with Crippen LogP contribution < -0.4 is 10.6 Å². The molecule has 0 aromatic rings. The van der Waals surface area contributed by atoms with Gasteiger partial charge in [-0.3, -0.25) is 14.5 Å². The minimum Gasteiger partial charge on any atom is -0.481 e. The van der Waals surface area contributed by atoms with Gasteiger partial charge in [-0.1, -0.05) is 6.92 Å². The number of hydrogen-bond acceptors (Lipinski definition) is 4. The van der Waals surface area contributed by atoms with Gasteiger partial charge in [0.25, 0.3) is 0 Å². The van der Waals surface area contributed by atoms with E-state index in [0.717, 1.165) is 6.54 Å². The molecule has 2 unspecified atom stereocenters. The molecule has 3 N–H and O–H groups in total. The average molecular weight is 243 g/mol. The standard InChI is InChI=1S/C11H21N3O3/c1-3-13-10(15)9-6-12-4-5-14(9)7-8(2)11(16)17/h8-9,12H,3-7H2,1-2H3,(H,13,15)(H,16,17). The zero-order valence-corrected chi connectivity index (χ0v) is 10.4. The van der Waals surface area contributed by atoms with Crippen molar-refractivity contribution < 1.29 is 14.7 Å². The minimum atomic E-state index is -0.821. The first-order chi connectivity index (χ1) is 8.06. The third-order valence-electron chi connectivity index (χ3n) is 2.94. The van der Waals surface area contributed by atoms with Gasteiger partial charge in [0.2, 0.25) is 5.91 Å². The van der Waals surface area contributed by atoms with E-state index in [0.29, 0.717) is 26.2 Å². The lowest BCUT2D eigenvalue weighted by atomic mass is 10.1. The minimum absolute atomic E-state index is 0.0303. The molecule has 1 rings (SSSR count). The maximum atomic E-state index is 11.8. The van der Waals surface area contributed by atoms with Crippen molar-refractivity contribution in [3.8, 4) is 0 Å². The first kappa shape index (κ1) is 13.9. The summed E-state index contributed by atoms with van der Waals surface area (Å²) < 4.78 is 0. The fourth-order valence-corrected chi connectivity index (χ4v) is 1.95. The van der Waals surface area contributed by atoms with Crippen LogP contribution in [0.25, 0.3) is 0 Å². The van der Waals surface area contributed by atoms with E-state index in [1.54, 1.807) is 6.92 Å². The molecule has 6 nitrogen and oxygen atoms in total. The highest BCUT2D eigenvalue weighted by Crippen LogP contribution is 2.08. The summed E-state index contributed by atoms with van der Waals surface area (Å²) in [6, 6.07) is -0.259. The van der Waals surface area contributed by atoms with Crippen LogP contribution in [0.2, 0.25) is 0 Å². The van der Waals surface area contributed by atoms with Gasteiger partial charge in [0.1, 0.15) is 6.04 Å². The number of nitrogens with one attached hydrogen (secondary N) is 2. The largest absolute Gasteiger partial charge is 0.481 e. The summed E-state index contributed by atoms with van der Waals surface area (Å²) >= 11 is 0. The first-order valence-corrected chi connectivity index (χ1v) is 6.01. The van der Waals surface area contributed by atoms with E-state index in [1.165, 1.54) is 0 Å². The number of carbonyl (C=O) groups is 2. The third-order valence-corrected chi connectivity index (χ3v) is 2.94. The number of carboxylic acids is 1. The predicted molar refractivity (Wildman–Crippen MR) is 63.7 cm³/mol. The molecule has 0 saturated carbocycles. The van der Waals surface area contributed by atoms with Gasteiger partial charge in [-0.05, 0) is 6.92 Å². The van der Waals surface area contributed by atoms with E-state index in [2.05, 4.69) is 10.6 Å². The fourth-order valence-electron chi connectivity index (χ4n) is 1.95. The normalized spacial score (nSPS) is 23.1. The molecule has 0 spiro atoms. The number of likely N-dealkylation sites (N-methyl/N-ethyl adjacent to an activating group) is 1. The molecule has 2 atom stereocenters. The third kappa shape index (κ3) is 3.98. The van der Waals surface area contributed by atoms with Gasteiger partial charge in [-0.2, -0.15) is 0 Å². The molecule has 6 heteroatoms. The number of rotatable bonds is 5. The average Bonchev–Trinajstić information content (AvgIpc) is 2.29. The molecule has 0 aromatic carbocycles. The molecular formula is C11H21N3O3. The zero-order chi connectivity index (χ0) is 12.8. The second kappa shape index (κ2) is 6.56. The Balaban J connectivity index is 2.59. The van der Waals surface area contributed by atoms with Crippen molar-refractivity contribution in [2.45, 2.75) is 19.9 Å². The monoisotopic (exact) mass is 243 g/mol. The number of piperazine rings is 1. The lowest BCUT2D eigenvalue weighted by Gasteiger charge is -2.35. The van der Waals surface area contributed by atoms with Crippen molar-refractivity contribution in [1.29, 1.82) is 0 Å². The molecular weight excluding hydrogens is 222 g/mol. The van der Waals surface area contributed by atoms with E-state index in [4.69, 9.17) is 5.11 Å². The molecule has 0 aromatic heterocycles. The van der Waals surface area contributed by atoms with Crippen LogP contribution in [-0.2, 0) is 9.59 Å². The molecule has 1 saturated heterocycles. The molecule has 1 fully saturated rings. The molecule has 1 aliphatic rings. The number of aliphatic carboxylic acids is 1. The Kier molecular flexibility index (Phi) is 5.37. The highest BCUT2D eigenvalue weighted by molar-refractivity contribution is 5.82. The number of carbonyl (C=O) groups excluding carboxylic acids is 1. The number of nitrogens with zero attached hydrogens (tertiary/aromatic N) is 1. The van der Waals surface area contributed by atoms with Crippen molar-refractivity contribution in [2.75, 3.05) is 32.7 Å². The molecule has 0 radical (unpaired) electrons. The number of carboxylic acid groups (broad SMARTS) is 1. The lowest BCUT2D eigenvalue weighted by molar-refractivity contribution is -0.143. The van der Waals surface area contributed by atoms with Crippen molar-refractivity contribution >= 4 is 11.9 Å². The summed E-state index contributed by atoms with van der Waals surface area (Å²) in [4.78, 5) is 24.6. The Hall–Kier alpha value is -1.14. The molecule has 1 aliphatic heterocycles. The summed E-state index contributed by atoms with van der Waals surface area (Å²) in [6.45, 7) is 6.63. The van der Waals surface area contributed by atoms with E-state index in [1.807, 2.05) is 11.8 Å². The van der Waals surface area contributed by atoms with Gasteiger partial charge < -0.3 is 15.7 Å². The van der Waals surface area contributed by atoms with Crippen LogP contribution in [0.1, 0.15) is 13.8 Å². The van der Waals surface area contributed by atoms with E-state index < -0.39 is 11.9 Å². The van der Waals surface area contributed by atoms with Crippen LogP contribution >= 0.6 is 0 Å². The number of amides is 1. The summed E-state index contributed by atoms with van der Waals surface area (Å²) in [5.41, 5.74) is 0. The van der Waals surface area contributed by atoms with Crippen molar-refractivity contribution in [3.63, 3.8) is 0 Å². The fraction of sp³-hybridized carbons (Fsp3) is 0.818. The molecule has 98 valence electrons. The van der Waals surface area contributed by atoms with Crippen LogP contribution in [0.5, 0.6) is 0 Å². The summed E-state index contributed by atoms with van der Waals surface area (Å²) in [5.74, 6) is -1.31. The summed E-state index contributed by atoms with van der Waals surface area (Å²) in [7, 11) is 0. The molecule has 17 heavy (non-hydrogen) atoms. The second-order valence-electron chi connectivity index (χ2n) is 4.35. The van der Waals surface area contributed by atoms with Gasteiger partial charge >= 0.3 is 5.97 Å². The molecule has 1 amide bonds. The van der Waals surface area contributed by atoms with E-state index >= 15 is 0 Å². The SMILES string of the molecule is CCNC(=O)C1CNCCN1CC(C)C(=O)O. The van der Waals surface area contributed by atoms with Crippen molar-refractivity contribution in [1.82, 2.24) is 15.5 Å². The van der Waals surface area contributed by atoms with E-state index in [-0.39, 0.29) is 11.9 Å². The quantitative estimate of drug-likeness (QED) is 0.584. The highest BCUT2D eigenvalue weighted by Gasteiger charge is 2.30. The molecule has 0 aliphatic carbocycles. The van der Waals surface area contributed by atoms with Crippen molar-refractivity contribution in [2.24, 2.45) is 5.92 Å². The Bertz CT molecular complexity index is 283. The zero-order valence-electron chi connectivity index (χ0n) is 10.4. The lowest BCUT2D eigenvalue weighted by Crippen LogP contribution is -2.58. The Morgan fingerprint density at radius 1 is 1.59 bits per heavy atom. The predicted octanol–water partition coefficient (Wildman–Crippen LogP) is -0.883.